The van der Waals surface area contributed by atoms with Crippen molar-refractivity contribution in [2.45, 2.75) is 19.6 Å². The lowest BCUT2D eigenvalue weighted by Crippen LogP contribution is -2.41. The molecule has 0 atom stereocenters. The Hall–Kier alpha value is -1.04. The molecule has 0 radical (unpaired) electrons. The molecular weight excluding hydrogens is 211 g/mol. The Kier molecular flexibility index (Phi) is 4.79. The van der Waals surface area contributed by atoms with Crippen molar-refractivity contribution >= 4 is 0 Å². The van der Waals surface area contributed by atoms with Gasteiger partial charge < -0.3 is 15.2 Å². The number of ether oxygens (including phenoxy) is 2. The molecule has 90 valence electrons. The Labute approximate surface area is 94.6 Å². The molecule has 0 fully saturated rings. The molecule has 0 aromatic carbocycles. The highest BCUT2D eigenvalue weighted by Crippen LogP contribution is 2.26. The van der Waals surface area contributed by atoms with Crippen LogP contribution in [0.25, 0.3) is 0 Å². The van der Waals surface area contributed by atoms with E-state index in [-0.39, 0.29) is 6.54 Å². The lowest BCUT2D eigenvalue weighted by molar-refractivity contribution is -0.235. The van der Waals surface area contributed by atoms with E-state index < -0.39 is 11.6 Å². The minimum Gasteiger partial charge on any atom is -0.345 e. The van der Waals surface area contributed by atoms with Crippen LogP contribution in [0, 0.1) is 5.82 Å². The average molecular weight is 228 g/mol. The molecule has 4 nitrogen and oxygen atoms in total. The van der Waals surface area contributed by atoms with Crippen LogP contribution in [-0.4, -0.2) is 24.7 Å². The van der Waals surface area contributed by atoms with Crippen LogP contribution >= 0.6 is 0 Å². The molecule has 0 amide bonds. The molecule has 5 heteroatoms. The Morgan fingerprint density at radius 2 is 1.94 bits per heavy atom. The van der Waals surface area contributed by atoms with Crippen molar-refractivity contribution in [1.82, 2.24) is 4.98 Å². The van der Waals surface area contributed by atoms with Gasteiger partial charge in [0, 0.05) is 25.0 Å². The molecule has 1 aromatic heterocycles. The fourth-order valence-corrected chi connectivity index (χ4v) is 1.53. The third kappa shape index (κ3) is 2.75. The Bertz CT molecular complexity index is 328. The number of nitrogens with zero attached hydrogens (tertiary/aromatic N) is 1. The summed E-state index contributed by atoms with van der Waals surface area (Å²) in [6.45, 7) is 4.62. The van der Waals surface area contributed by atoms with E-state index in [2.05, 4.69) is 4.98 Å². The normalized spacial score (nSPS) is 11.8. The smallest absolute Gasteiger partial charge is 0.209 e. The summed E-state index contributed by atoms with van der Waals surface area (Å²) in [4.78, 5) is 3.77. The quantitative estimate of drug-likeness (QED) is 0.748. The zero-order valence-corrected chi connectivity index (χ0v) is 9.57. The molecule has 16 heavy (non-hydrogen) atoms. The topological polar surface area (TPSA) is 57.4 Å². The maximum Gasteiger partial charge on any atom is 0.209 e. The number of halogens is 1. The molecule has 0 aliphatic carbocycles. The van der Waals surface area contributed by atoms with Gasteiger partial charge in [0.25, 0.3) is 0 Å². The minimum atomic E-state index is -1.10. The fourth-order valence-electron chi connectivity index (χ4n) is 1.53. The first-order valence-corrected chi connectivity index (χ1v) is 5.27. The molecule has 0 spiro atoms. The first-order valence-electron chi connectivity index (χ1n) is 5.27. The van der Waals surface area contributed by atoms with Gasteiger partial charge in [0.1, 0.15) is 5.82 Å². The molecular formula is C11H17FN2O2. The standard InChI is InChI=1S/C11H17FN2O2/c1-3-15-11(8-13,16-4-2)9-5-10(12)7-14-6-9/h5-7H,3-4,8,13H2,1-2H3. The molecule has 1 aromatic rings. The summed E-state index contributed by atoms with van der Waals surface area (Å²) < 4.78 is 24.1. The van der Waals surface area contributed by atoms with Crippen molar-refractivity contribution < 1.29 is 13.9 Å². The van der Waals surface area contributed by atoms with Crippen molar-refractivity contribution in [3.8, 4) is 0 Å². The maximum atomic E-state index is 13.1. The summed E-state index contributed by atoms with van der Waals surface area (Å²) in [5.41, 5.74) is 6.16. The molecule has 0 aliphatic heterocycles. The third-order valence-electron chi connectivity index (χ3n) is 2.17. The van der Waals surface area contributed by atoms with Crippen LogP contribution in [0.4, 0.5) is 4.39 Å². The van der Waals surface area contributed by atoms with E-state index in [1.807, 2.05) is 13.8 Å². The number of pyridine rings is 1. The number of hydrogen-bond acceptors (Lipinski definition) is 4. The van der Waals surface area contributed by atoms with Crippen LogP contribution in [0.5, 0.6) is 0 Å². The molecule has 1 heterocycles. The Morgan fingerprint density at radius 3 is 2.38 bits per heavy atom. The zero-order valence-electron chi connectivity index (χ0n) is 9.57. The summed E-state index contributed by atoms with van der Waals surface area (Å²) in [5.74, 6) is -1.53. The second-order valence-electron chi connectivity index (χ2n) is 3.21. The van der Waals surface area contributed by atoms with Gasteiger partial charge in [-0.3, -0.25) is 4.98 Å². The van der Waals surface area contributed by atoms with Crippen molar-refractivity contribution in [3.63, 3.8) is 0 Å². The predicted molar refractivity (Wildman–Crippen MR) is 58.2 cm³/mol. The van der Waals surface area contributed by atoms with Crippen LogP contribution < -0.4 is 5.73 Å². The van der Waals surface area contributed by atoms with E-state index in [0.717, 1.165) is 6.20 Å². The number of aromatic nitrogens is 1. The Morgan fingerprint density at radius 1 is 1.31 bits per heavy atom. The lowest BCUT2D eigenvalue weighted by Gasteiger charge is -2.31. The molecule has 0 saturated heterocycles. The SMILES string of the molecule is CCOC(CN)(OCC)c1cncc(F)c1. The zero-order chi connectivity index (χ0) is 12.0. The van der Waals surface area contributed by atoms with E-state index in [0.29, 0.717) is 18.8 Å². The van der Waals surface area contributed by atoms with E-state index in [1.165, 1.54) is 12.3 Å². The highest BCUT2D eigenvalue weighted by atomic mass is 19.1. The van der Waals surface area contributed by atoms with Gasteiger partial charge in [-0.2, -0.15) is 0 Å². The van der Waals surface area contributed by atoms with Gasteiger partial charge in [0.2, 0.25) is 5.79 Å². The first-order chi connectivity index (χ1) is 7.68. The van der Waals surface area contributed by atoms with Crippen molar-refractivity contribution in [2.75, 3.05) is 19.8 Å². The molecule has 0 bridgehead atoms. The van der Waals surface area contributed by atoms with E-state index >= 15 is 0 Å². The van der Waals surface area contributed by atoms with Gasteiger partial charge in [-0.05, 0) is 19.9 Å². The molecule has 0 saturated carbocycles. The summed E-state index contributed by atoms with van der Waals surface area (Å²) in [5, 5.41) is 0. The maximum absolute atomic E-state index is 13.1. The number of nitrogens with two attached hydrogens (primary N) is 1. The van der Waals surface area contributed by atoms with Gasteiger partial charge in [0.05, 0.1) is 12.7 Å². The monoisotopic (exact) mass is 228 g/mol. The average Bonchev–Trinajstić information content (AvgIpc) is 2.28. The van der Waals surface area contributed by atoms with Crippen LogP contribution in [0.15, 0.2) is 18.5 Å². The minimum absolute atomic E-state index is 0.111. The van der Waals surface area contributed by atoms with Gasteiger partial charge in [-0.1, -0.05) is 0 Å². The number of hydrogen-bond donors (Lipinski definition) is 1. The third-order valence-corrected chi connectivity index (χ3v) is 2.17. The largest absolute Gasteiger partial charge is 0.345 e. The first kappa shape index (κ1) is 13.0. The van der Waals surface area contributed by atoms with E-state index in [4.69, 9.17) is 15.2 Å². The highest BCUT2D eigenvalue weighted by Gasteiger charge is 2.32. The Balaban J connectivity index is 3.07. The molecule has 0 unspecified atom stereocenters. The second kappa shape index (κ2) is 5.89. The van der Waals surface area contributed by atoms with Crippen molar-refractivity contribution in [2.24, 2.45) is 5.73 Å². The summed E-state index contributed by atoms with van der Waals surface area (Å²) in [6.07, 6.45) is 2.63. The lowest BCUT2D eigenvalue weighted by atomic mass is 10.1. The van der Waals surface area contributed by atoms with E-state index in [1.54, 1.807) is 0 Å². The molecule has 1 rings (SSSR count). The van der Waals surface area contributed by atoms with Crippen LogP contribution in [0.1, 0.15) is 19.4 Å². The summed E-state index contributed by atoms with van der Waals surface area (Å²) in [6, 6.07) is 1.32. The molecule has 0 aliphatic rings. The predicted octanol–water partition coefficient (Wildman–Crippen LogP) is 1.41. The van der Waals surface area contributed by atoms with Gasteiger partial charge in [-0.25, -0.2) is 4.39 Å². The second-order valence-corrected chi connectivity index (χ2v) is 3.21. The molecule has 2 N–H and O–H groups in total. The van der Waals surface area contributed by atoms with Crippen molar-refractivity contribution in [3.05, 3.63) is 29.8 Å². The van der Waals surface area contributed by atoms with Gasteiger partial charge in [0.15, 0.2) is 0 Å². The van der Waals surface area contributed by atoms with Gasteiger partial charge in [-0.15, -0.1) is 0 Å². The van der Waals surface area contributed by atoms with Crippen LogP contribution in [-0.2, 0) is 15.3 Å². The summed E-state index contributed by atoms with van der Waals surface area (Å²) in [7, 11) is 0. The van der Waals surface area contributed by atoms with Crippen LogP contribution in [0.3, 0.4) is 0 Å². The van der Waals surface area contributed by atoms with Gasteiger partial charge >= 0.3 is 0 Å². The highest BCUT2D eigenvalue weighted by molar-refractivity contribution is 5.17. The van der Waals surface area contributed by atoms with Crippen LogP contribution in [0.2, 0.25) is 0 Å². The summed E-state index contributed by atoms with van der Waals surface area (Å²) >= 11 is 0. The number of rotatable bonds is 6. The fraction of sp³-hybridized carbons (Fsp3) is 0.545. The van der Waals surface area contributed by atoms with Crippen molar-refractivity contribution in [1.29, 1.82) is 0 Å². The van der Waals surface area contributed by atoms with E-state index in [9.17, 15) is 4.39 Å².